The summed E-state index contributed by atoms with van der Waals surface area (Å²) in [6.45, 7) is 2.36. The van der Waals surface area contributed by atoms with Crippen LogP contribution in [0.15, 0.2) is 40.9 Å². The summed E-state index contributed by atoms with van der Waals surface area (Å²) in [5.41, 5.74) is 2.56. The van der Waals surface area contributed by atoms with E-state index in [1.165, 1.54) is 0 Å². The van der Waals surface area contributed by atoms with Gasteiger partial charge in [-0.05, 0) is 48.9 Å². The fourth-order valence-corrected chi connectivity index (χ4v) is 2.10. The molecule has 3 nitrogen and oxygen atoms in total. The van der Waals surface area contributed by atoms with Crippen molar-refractivity contribution in [3.63, 3.8) is 0 Å². The van der Waals surface area contributed by atoms with E-state index in [0.717, 1.165) is 27.6 Å². The lowest BCUT2D eigenvalue weighted by Gasteiger charge is -2.11. The van der Waals surface area contributed by atoms with Crippen molar-refractivity contribution in [3.8, 4) is 11.5 Å². The van der Waals surface area contributed by atoms with Gasteiger partial charge in [-0.2, -0.15) is 0 Å². The summed E-state index contributed by atoms with van der Waals surface area (Å²) in [6.07, 6.45) is 0.812. The average molecular weight is 335 g/mol. The van der Waals surface area contributed by atoms with Gasteiger partial charge in [0.15, 0.2) is 0 Å². The molecule has 2 rings (SSSR count). The van der Waals surface area contributed by atoms with Gasteiger partial charge in [-0.1, -0.05) is 15.9 Å². The van der Waals surface area contributed by atoms with Crippen molar-refractivity contribution in [2.45, 2.75) is 13.5 Å². The summed E-state index contributed by atoms with van der Waals surface area (Å²) in [4.78, 5) is 10.8. The molecule has 0 unspecified atom stereocenters. The van der Waals surface area contributed by atoms with Crippen LogP contribution in [0.5, 0.6) is 11.5 Å². The maximum Gasteiger partial charge on any atom is 0.150 e. The number of hydrogen-bond acceptors (Lipinski definition) is 3. The van der Waals surface area contributed by atoms with Gasteiger partial charge in [0.2, 0.25) is 0 Å². The molecule has 0 aliphatic carbocycles. The first-order valence-corrected chi connectivity index (χ1v) is 6.94. The summed E-state index contributed by atoms with van der Waals surface area (Å²) in [5, 5.41) is 0. The van der Waals surface area contributed by atoms with Gasteiger partial charge in [0.05, 0.1) is 7.11 Å². The van der Waals surface area contributed by atoms with Crippen molar-refractivity contribution in [1.82, 2.24) is 0 Å². The maximum atomic E-state index is 10.8. The van der Waals surface area contributed by atoms with E-state index >= 15 is 0 Å². The van der Waals surface area contributed by atoms with Crippen LogP contribution in [0.4, 0.5) is 0 Å². The van der Waals surface area contributed by atoms with Gasteiger partial charge >= 0.3 is 0 Å². The van der Waals surface area contributed by atoms with Crippen LogP contribution < -0.4 is 9.47 Å². The molecule has 2 aromatic carbocycles. The number of rotatable bonds is 5. The van der Waals surface area contributed by atoms with Crippen molar-refractivity contribution in [2.24, 2.45) is 0 Å². The molecule has 0 N–H and O–H groups in total. The third kappa shape index (κ3) is 3.39. The van der Waals surface area contributed by atoms with Gasteiger partial charge in [0, 0.05) is 15.6 Å². The number of benzene rings is 2. The van der Waals surface area contributed by atoms with Crippen molar-refractivity contribution in [2.75, 3.05) is 7.11 Å². The Morgan fingerprint density at radius 1 is 1.20 bits per heavy atom. The van der Waals surface area contributed by atoms with E-state index in [-0.39, 0.29) is 0 Å². The van der Waals surface area contributed by atoms with Gasteiger partial charge in [0.25, 0.3) is 0 Å². The highest BCUT2D eigenvalue weighted by Crippen LogP contribution is 2.24. The Hall–Kier alpha value is -1.81. The van der Waals surface area contributed by atoms with Crippen molar-refractivity contribution >= 4 is 22.2 Å². The first-order chi connectivity index (χ1) is 9.63. The molecule has 0 saturated heterocycles. The van der Waals surface area contributed by atoms with Crippen LogP contribution in [-0.2, 0) is 6.61 Å². The van der Waals surface area contributed by atoms with Crippen molar-refractivity contribution in [3.05, 3.63) is 57.6 Å². The highest BCUT2D eigenvalue weighted by Gasteiger charge is 2.06. The fraction of sp³-hybridized carbons (Fsp3) is 0.188. The Bertz CT molecular complexity index is 623. The molecule has 0 amide bonds. The van der Waals surface area contributed by atoms with E-state index in [4.69, 9.17) is 9.47 Å². The Morgan fingerprint density at radius 3 is 2.65 bits per heavy atom. The number of carbonyl (C=O) groups excluding carboxylic acids is 1. The molecule has 2 aromatic rings. The quantitative estimate of drug-likeness (QED) is 0.770. The molecular formula is C16H15BrO3. The van der Waals surface area contributed by atoms with Crippen LogP contribution in [0.1, 0.15) is 21.5 Å². The monoisotopic (exact) mass is 334 g/mol. The number of carbonyl (C=O) groups is 1. The fourth-order valence-electron chi connectivity index (χ4n) is 1.85. The van der Waals surface area contributed by atoms with Gasteiger partial charge < -0.3 is 9.47 Å². The molecule has 0 bridgehead atoms. The number of halogens is 1. The Labute approximate surface area is 126 Å². The maximum absolute atomic E-state index is 10.8. The molecule has 20 heavy (non-hydrogen) atoms. The minimum absolute atomic E-state index is 0.353. The Morgan fingerprint density at radius 2 is 2.00 bits per heavy atom. The van der Waals surface area contributed by atoms with Crippen LogP contribution in [0.3, 0.4) is 0 Å². The minimum Gasteiger partial charge on any atom is -0.496 e. The molecule has 0 aromatic heterocycles. The van der Waals surface area contributed by atoms with Crippen molar-refractivity contribution in [1.29, 1.82) is 0 Å². The minimum atomic E-state index is 0.353. The number of ether oxygens (including phenoxy) is 2. The lowest BCUT2D eigenvalue weighted by atomic mass is 10.1. The molecule has 0 heterocycles. The van der Waals surface area contributed by atoms with Gasteiger partial charge in [0.1, 0.15) is 24.4 Å². The molecule has 4 heteroatoms. The van der Waals surface area contributed by atoms with E-state index in [2.05, 4.69) is 15.9 Å². The third-order valence-electron chi connectivity index (χ3n) is 2.96. The zero-order valence-electron chi connectivity index (χ0n) is 11.4. The van der Waals surface area contributed by atoms with E-state index in [1.54, 1.807) is 25.3 Å². The second-order valence-corrected chi connectivity index (χ2v) is 5.24. The number of aldehydes is 1. The second-order valence-electron chi connectivity index (χ2n) is 4.39. The number of aryl methyl sites for hydroxylation is 1. The second kappa shape index (κ2) is 6.57. The standard InChI is InChI=1S/C16H15BrO3/c1-11-7-14(4-5-15(11)17)20-10-13-8-12(9-18)3-6-16(13)19-2/h3-9H,10H2,1-2H3. The predicted octanol–water partition coefficient (Wildman–Crippen LogP) is 4.16. The first-order valence-electron chi connectivity index (χ1n) is 6.15. The largest absolute Gasteiger partial charge is 0.496 e. The first kappa shape index (κ1) is 14.6. The lowest BCUT2D eigenvalue weighted by Crippen LogP contribution is -2.00. The summed E-state index contributed by atoms with van der Waals surface area (Å²) in [7, 11) is 1.60. The van der Waals surface area contributed by atoms with Crippen LogP contribution in [0, 0.1) is 6.92 Å². The lowest BCUT2D eigenvalue weighted by molar-refractivity contribution is 0.112. The van der Waals surface area contributed by atoms with E-state index in [9.17, 15) is 4.79 Å². The average Bonchev–Trinajstić information content (AvgIpc) is 2.48. The van der Waals surface area contributed by atoms with Crippen LogP contribution >= 0.6 is 15.9 Å². The van der Waals surface area contributed by atoms with Gasteiger partial charge in [-0.25, -0.2) is 0 Å². The molecule has 0 fully saturated rings. The summed E-state index contributed by atoms with van der Waals surface area (Å²) >= 11 is 3.45. The van der Waals surface area contributed by atoms with Gasteiger partial charge in [-0.15, -0.1) is 0 Å². The zero-order chi connectivity index (χ0) is 14.5. The van der Waals surface area contributed by atoms with E-state index in [1.807, 2.05) is 25.1 Å². The molecule has 0 aliphatic heterocycles. The number of hydrogen-bond donors (Lipinski definition) is 0. The third-order valence-corrected chi connectivity index (χ3v) is 3.85. The topological polar surface area (TPSA) is 35.5 Å². The Kier molecular flexibility index (Phi) is 4.79. The normalized spacial score (nSPS) is 10.2. The smallest absolute Gasteiger partial charge is 0.150 e. The summed E-state index contributed by atoms with van der Waals surface area (Å²) in [6, 6.07) is 11.1. The molecule has 0 radical (unpaired) electrons. The molecule has 0 atom stereocenters. The summed E-state index contributed by atoms with van der Waals surface area (Å²) in [5.74, 6) is 1.49. The zero-order valence-corrected chi connectivity index (χ0v) is 12.9. The number of methoxy groups -OCH3 is 1. The van der Waals surface area contributed by atoms with Crippen LogP contribution in [0.2, 0.25) is 0 Å². The van der Waals surface area contributed by atoms with E-state index in [0.29, 0.717) is 17.9 Å². The highest BCUT2D eigenvalue weighted by molar-refractivity contribution is 9.10. The SMILES string of the molecule is COc1ccc(C=O)cc1COc1ccc(Br)c(C)c1. The van der Waals surface area contributed by atoms with Crippen molar-refractivity contribution < 1.29 is 14.3 Å². The van der Waals surface area contributed by atoms with Crippen LogP contribution in [0.25, 0.3) is 0 Å². The van der Waals surface area contributed by atoms with E-state index < -0.39 is 0 Å². The molecule has 0 spiro atoms. The molecule has 0 aliphatic rings. The highest BCUT2D eigenvalue weighted by atomic mass is 79.9. The predicted molar refractivity (Wildman–Crippen MR) is 81.6 cm³/mol. The van der Waals surface area contributed by atoms with Gasteiger partial charge in [-0.3, -0.25) is 4.79 Å². The molecule has 0 saturated carbocycles. The summed E-state index contributed by atoms with van der Waals surface area (Å²) < 4.78 is 12.1. The Balaban J connectivity index is 2.17. The molecule has 104 valence electrons. The van der Waals surface area contributed by atoms with Crippen LogP contribution in [-0.4, -0.2) is 13.4 Å². The molecular weight excluding hydrogens is 320 g/mol.